The minimum atomic E-state index is -3.85. The molecule has 7 nitrogen and oxygen atoms in total. The average molecular weight is 484 g/mol. The van der Waals surface area contributed by atoms with Crippen LogP contribution in [0.15, 0.2) is 52.4 Å². The van der Waals surface area contributed by atoms with E-state index in [-0.39, 0.29) is 16.2 Å². The molecule has 1 saturated carbocycles. The van der Waals surface area contributed by atoms with Gasteiger partial charge in [-0.2, -0.15) is 0 Å². The van der Waals surface area contributed by atoms with Crippen LogP contribution in [0.5, 0.6) is 0 Å². The van der Waals surface area contributed by atoms with Crippen molar-refractivity contribution in [2.75, 3.05) is 17.8 Å². The first-order chi connectivity index (χ1) is 16.0. The Morgan fingerprint density at radius 1 is 1.12 bits per heavy atom. The fourth-order valence-corrected chi connectivity index (χ4v) is 5.99. The van der Waals surface area contributed by atoms with E-state index in [1.54, 1.807) is 48.4 Å². The number of likely N-dealkylation sites (tertiary alicyclic amines) is 1. The Balaban J connectivity index is 1.42. The van der Waals surface area contributed by atoms with E-state index in [9.17, 15) is 18.3 Å². The minimum absolute atomic E-state index is 0.103. The van der Waals surface area contributed by atoms with Crippen LogP contribution in [-0.2, 0) is 10.0 Å². The normalized spacial score (nSPS) is 19.2. The van der Waals surface area contributed by atoms with E-state index in [0.717, 1.165) is 12.0 Å². The van der Waals surface area contributed by atoms with Crippen molar-refractivity contribution in [3.8, 4) is 0 Å². The summed E-state index contributed by atoms with van der Waals surface area (Å²) < 4.78 is 28.6. The standard InChI is InChI=1S/C26H33N3O4S/c1-4-27-23-19(2)6-5-7-22(23)34(32,33)28-21-10-8-20(9-11-21)24(30)29-16-14-26(31,15-17-29)18-25(3)12-13-25/h4-11,28,31H,12-18H2,1-3H3. The Hall–Kier alpha value is -2.71. The van der Waals surface area contributed by atoms with Crippen LogP contribution in [0.25, 0.3) is 0 Å². The minimum Gasteiger partial charge on any atom is -0.390 e. The van der Waals surface area contributed by atoms with Crippen LogP contribution in [0.4, 0.5) is 11.4 Å². The molecule has 1 saturated heterocycles. The molecule has 0 atom stereocenters. The topological polar surface area (TPSA) is 99.1 Å². The summed E-state index contributed by atoms with van der Waals surface area (Å²) in [7, 11) is -3.85. The van der Waals surface area contributed by atoms with Gasteiger partial charge in [0.25, 0.3) is 15.9 Å². The molecule has 1 amide bonds. The van der Waals surface area contributed by atoms with Crippen LogP contribution in [0.1, 0.15) is 61.9 Å². The molecule has 2 fully saturated rings. The van der Waals surface area contributed by atoms with E-state index in [2.05, 4.69) is 16.6 Å². The summed E-state index contributed by atoms with van der Waals surface area (Å²) in [5.74, 6) is -0.104. The third kappa shape index (κ3) is 5.33. The first-order valence-electron chi connectivity index (χ1n) is 11.8. The Morgan fingerprint density at radius 3 is 2.35 bits per heavy atom. The van der Waals surface area contributed by atoms with Gasteiger partial charge in [-0.3, -0.25) is 14.5 Å². The number of sulfonamides is 1. The van der Waals surface area contributed by atoms with Gasteiger partial charge < -0.3 is 10.0 Å². The highest BCUT2D eigenvalue weighted by Crippen LogP contribution is 2.52. The van der Waals surface area contributed by atoms with Gasteiger partial charge in [-0.25, -0.2) is 8.42 Å². The van der Waals surface area contributed by atoms with Gasteiger partial charge in [-0.15, -0.1) is 0 Å². The number of carbonyl (C=O) groups is 1. The number of aryl methyl sites for hydroxylation is 1. The van der Waals surface area contributed by atoms with Crippen molar-refractivity contribution in [3.05, 3.63) is 53.6 Å². The smallest absolute Gasteiger partial charge is 0.264 e. The number of benzene rings is 2. The molecule has 4 rings (SSSR count). The number of nitrogens with zero attached hydrogens (tertiary/aromatic N) is 2. The van der Waals surface area contributed by atoms with Crippen LogP contribution in [0, 0.1) is 12.3 Å². The van der Waals surface area contributed by atoms with E-state index < -0.39 is 15.6 Å². The van der Waals surface area contributed by atoms with Crippen molar-refractivity contribution in [1.82, 2.24) is 4.90 Å². The lowest BCUT2D eigenvalue weighted by Gasteiger charge is -2.39. The Morgan fingerprint density at radius 2 is 1.76 bits per heavy atom. The van der Waals surface area contributed by atoms with Crippen molar-refractivity contribution in [2.24, 2.45) is 10.4 Å². The molecule has 0 radical (unpaired) electrons. The molecular formula is C26H33N3O4S. The molecule has 182 valence electrons. The highest BCUT2D eigenvalue weighted by atomic mass is 32.2. The number of carbonyl (C=O) groups excluding carboxylic acids is 1. The highest BCUT2D eigenvalue weighted by Gasteiger charge is 2.46. The maximum atomic E-state index is 13.0. The molecule has 34 heavy (non-hydrogen) atoms. The number of hydrogen-bond acceptors (Lipinski definition) is 5. The van der Waals surface area contributed by atoms with Crippen LogP contribution < -0.4 is 4.72 Å². The molecule has 8 heteroatoms. The maximum Gasteiger partial charge on any atom is 0.264 e. The van der Waals surface area contributed by atoms with Crippen LogP contribution >= 0.6 is 0 Å². The van der Waals surface area contributed by atoms with Gasteiger partial charge >= 0.3 is 0 Å². The monoisotopic (exact) mass is 483 g/mol. The molecule has 1 aliphatic carbocycles. The molecule has 2 aromatic rings. The van der Waals surface area contributed by atoms with Gasteiger partial charge in [0.15, 0.2) is 0 Å². The number of anilines is 1. The molecule has 2 aromatic carbocycles. The Kier molecular flexibility index (Phi) is 6.57. The van der Waals surface area contributed by atoms with Crippen molar-refractivity contribution in [2.45, 2.75) is 63.4 Å². The molecule has 1 heterocycles. The first-order valence-corrected chi connectivity index (χ1v) is 13.3. The SMILES string of the molecule is CC=Nc1c(C)cccc1S(=O)(=O)Nc1ccc(C(=O)N2CCC(O)(CC3(C)CC3)CC2)cc1. The number of para-hydroxylation sites is 1. The summed E-state index contributed by atoms with van der Waals surface area (Å²) in [6.07, 6.45) is 5.89. The third-order valence-corrected chi connectivity index (χ3v) is 8.39. The summed E-state index contributed by atoms with van der Waals surface area (Å²) in [6.45, 7) is 6.81. The second kappa shape index (κ2) is 9.15. The number of hydrogen-bond donors (Lipinski definition) is 2. The van der Waals surface area contributed by atoms with E-state index in [1.165, 1.54) is 18.9 Å². The predicted molar refractivity (Wildman–Crippen MR) is 134 cm³/mol. The van der Waals surface area contributed by atoms with Crippen molar-refractivity contribution in [3.63, 3.8) is 0 Å². The summed E-state index contributed by atoms with van der Waals surface area (Å²) >= 11 is 0. The van der Waals surface area contributed by atoms with E-state index in [1.807, 2.05) is 13.0 Å². The van der Waals surface area contributed by atoms with Gasteiger partial charge in [-0.1, -0.05) is 19.1 Å². The molecule has 0 unspecified atom stereocenters. The van der Waals surface area contributed by atoms with E-state index >= 15 is 0 Å². The molecule has 1 aliphatic heterocycles. The molecular weight excluding hydrogens is 450 g/mol. The van der Waals surface area contributed by atoms with E-state index in [0.29, 0.717) is 42.9 Å². The Labute approximate surface area is 202 Å². The Bertz CT molecular complexity index is 1190. The van der Waals surface area contributed by atoms with E-state index in [4.69, 9.17) is 0 Å². The summed E-state index contributed by atoms with van der Waals surface area (Å²) in [6, 6.07) is 11.5. The van der Waals surface area contributed by atoms with Gasteiger partial charge in [0, 0.05) is 30.6 Å². The molecule has 2 N–H and O–H groups in total. The van der Waals surface area contributed by atoms with Gasteiger partial charge in [0.1, 0.15) is 4.90 Å². The lowest BCUT2D eigenvalue weighted by molar-refractivity contribution is -0.0355. The van der Waals surface area contributed by atoms with Crippen LogP contribution in [0.2, 0.25) is 0 Å². The largest absolute Gasteiger partial charge is 0.390 e. The second-order valence-corrected chi connectivity index (χ2v) is 11.6. The quantitative estimate of drug-likeness (QED) is 0.559. The van der Waals surface area contributed by atoms with Crippen molar-refractivity contribution in [1.29, 1.82) is 0 Å². The third-order valence-electron chi connectivity index (χ3n) is 6.97. The van der Waals surface area contributed by atoms with Crippen molar-refractivity contribution >= 4 is 33.5 Å². The van der Waals surface area contributed by atoms with Crippen LogP contribution in [-0.4, -0.2) is 49.2 Å². The first kappa shape index (κ1) is 24.4. The van der Waals surface area contributed by atoms with Gasteiger partial charge in [0.2, 0.25) is 0 Å². The van der Waals surface area contributed by atoms with Crippen LogP contribution in [0.3, 0.4) is 0 Å². The van der Waals surface area contributed by atoms with Gasteiger partial charge in [-0.05, 0) is 87.3 Å². The van der Waals surface area contributed by atoms with Gasteiger partial charge in [0.05, 0.1) is 11.3 Å². The average Bonchev–Trinajstić information content (AvgIpc) is 3.51. The second-order valence-electron chi connectivity index (χ2n) is 10.00. The number of amides is 1. The fourth-order valence-electron chi connectivity index (χ4n) is 4.70. The predicted octanol–water partition coefficient (Wildman–Crippen LogP) is 4.68. The fraction of sp³-hybridized carbons (Fsp3) is 0.462. The molecule has 2 aliphatic rings. The zero-order chi connectivity index (χ0) is 24.6. The van der Waals surface area contributed by atoms with Crippen molar-refractivity contribution < 1.29 is 18.3 Å². The highest BCUT2D eigenvalue weighted by molar-refractivity contribution is 7.92. The number of aliphatic hydroxyl groups is 1. The number of piperidine rings is 1. The summed E-state index contributed by atoms with van der Waals surface area (Å²) in [5.41, 5.74) is 1.63. The number of rotatable bonds is 7. The summed E-state index contributed by atoms with van der Waals surface area (Å²) in [4.78, 5) is 19.1. The summed E-state index contributed by atoms with van der Waals surface area (Å²) in [5, 5.41) is 10.9. The number of nitrogens with one attached hydrogen (secondary N) is 1. The molecule has 0 bridgehead atoms. The molecule has 0 spiro atoms. The lowest BCUT2D eigenvalue weighted by Crippen LogP contribution is -2.47. The zero-order valence-corrected chi connectivity index (χ0v) is 20.9. The molecule has 0 aromatic heterocycles. The number of aliphatic imine (C=N–C) groups is 1. The lowest BCUT2D eigenvalue weighted by atomic mass is 9.82. The maximum absolute atomic E-state index is 13.0. The zero-order valence-electron chi connectivity index (χ0n) is 20.0.